The summed E-state index contributed by atoms with van der Waals surface area (Å²) in [6, 6.07) is 4.96. The molecular formula is C15H26N2O. The van der Waals surface area contributed by atoms with E-state index < -0.39 is 0 Å². The van der Waals surface area contributed by atoms with Crippen LogP contribution in [0.2, 0.25) is 0 Å². The van der Waals surface area contributed by atoms with Gasteiger partial charge in [0.2, 0.25) is 0 Å². The normalized spacial score (nSPS) is 26.5. The highest BCUT2D eigenvalue weighted by molar-refractivity contribution is 5.10. The first kappa shape index (κ1) is 13.6. The lowest BCUT2D eigenvalue weighted by molar-refractivity contribution is 0.113. The third-order valence-corrected chi connectivity index (χ3v) is 4.37. The van der Waals surface area contributed by atoms with Crippen LogP contribution in [0.5, 0.6) is 0 Å². The second-order valence-corrected chi connectivity index (χ2v) is 5.78. The maximum absolute atomic E-state index is 5.95. The van der Waals surface area contributed by atoms with Crippen LogP contribution in [0.15, 0.2) is 16.5 Å². The van der Waals surface area contributed by atoms with Crippen LogP contribution in [0.1, 0.15) is 50.2 Å². The smallest absolute Gasteiger partial charge is 0.122 e. The molecule has 3 heteroatoms. The van der Waals surface area contributed by atoms with Gasteiger partial charge >= 0.3 is 0 Å². The number of furan rings is 1. The quantitative estimate of drug-likeness (QED) is 0.893. The van der Waals surface area contributed by atoms with E-state index in [-0.39, 0.29) is 6.04 Å². The highest BCUT2D eigenvalue weighted by Crippen LogP contribution is 2.31. The van der Waals surface area contributed by atoms with Crippen LogP contribution >= 0.6 is 0 Å². The van der Waals surface area contributed by atoms with Crippen LogP contribution in [-0.2, 0) is 0 Å². The van der Waals surface area contributed by atoms with Crippen molar-refractivity contribution in [2.45, 2.75) is 51.6 Å². The molecule has 3 nitrogen and oxygen atoms in total. The molecule has 2 N–H and O–H groups in total. The number of hydrogen-bond acceptors (Lipinski definition) is 3. The third-order valence-electron chi connectivity index (χ3n) is 4.37. The Bertz CT molecular complexity index is 366. The molecule has 0 bridgehead atoms. The molecule has 0 aromatic carbocycles. The van der Waals surface area contributed by atoms with E-state index >= 15 is 0 Å². The second kappa shape index (κ2) is 5.89. The van der Waals surface area contributed by atoms with E-state index in [1.807, 2.05) is 13.0 Å². The summed E-state index contributed by atoms with van der Waals surface area (Å²) in [4.78, 5) is 2.42. The van der Waals surface area contributed by atoms with Gasteiger partial charge in [0.05, 0.1) is 6.04 Å². The van der Waals surface area contributed by atoms with Gasteiger partial charge in [-0.05, 0) is 57.7 Å². The summed E-state index contributed by atoms with van der Waals surface area (Å²) >= 11 is 0. The summed E-state index contributed by atoms with van der Waals surface area (Å²) < 4.78 is 5.75. The maximum atomic E-state index is 5.95. The van der Waals surface area contributed by atoms with Crippen molar-refractivity contribution in [2.75, 3.05) is 13.6 Å². The van der Waals surface area contributed by atoms with Gasteiger partial charge in [0.15, 0.2) is 0 Å². The lowest BCUT2D eigenvalue weighted by Crippen LogP contribution is -2.40. The molecule has 0 amide bonds. The first-order chi connectivity index (χ1) is 8.61. The van der Waals surface area contributed by atoms with Crippen molar-refractivity contribution in [3.05, 3.63) is 23.7 Å². The minimum absolute atomic E-state index is 0.220. The first-order valence-corrected chi connectivity index (χ1v) is 7.10. The van der Waals surface area contributed by atoms with Crippen LogP contribution < -0.4 is 5.73 Å². The summed E-state index contributed by atoms with van der Waals surface area (Å²) in [5, 5.41) is 0. The predicted molar refractivity (Wildman–Crippen MR) is 74.4 cm³/mol. The third kappa shape index (κ3) is 2.96. The Balaban J connectivity index is 2.03. The Morgan fingerprint density at radius 3 is 2.50 bits per heavy atom. The molecule has 1 aromatic rings. The lowest BCUT2D eigenvalue weighted by atomic mass is 9.86. The Morgan fingerprint density at radius 2 is 2.00 bits per heavy atom. The molecule has 1 aliphatic rings. The standard InChI is InChI=1S/C15H26N2O/c1-11-4-7-13(8-5-11)17(3)14(10-16)15-9-6-12(2)18-15/h6,9,11,13-14H,4-5,7-8,10,16H2,1-3H3. The van der Waals surface area contributed by atoms with Gasteiger partial charge in [0.25, 0.3) is 0 Å². The summed E-state index contributed by atoms with van der Waals surface area (Å²) in [6.45, 7) is 4.96. The number of hydrogen-bond donors (Lipinski definition) is 1. The van der Waals surface area contributed by atoms with E-state index in [9.17, 15) is 0 Å². The lowest BCUT2D eigenvalue weighted by Gasteiger charge is -2.37. The number of aryl methyl sites for hydroxylation is 1. The predicted octanol–water partition coefficient (Wildman–Crippen LogP) is 3.10. The Morgan fingerprint density at radius 1 is 1.33 bits per heavy atom. The van der Waals surface area contributed by atoms with Crippen molar-refractivity contribution in [2.24, 2.45) is 11.7 Å². The highest BCUT2D eigenvalue weighted by Gasteiger charge is 2.28. The number of rotatable bonds is 4. The topological polar surface area (TPSA) is 42.4 Å². The zero-order chi connectivity index (χ0) is 13.1. The van der Waals surface area contributed by atoms with Crippen molar-refractivity contribution in [3.63, 3.8) is 0 Å². The molecule has 1 heterocycles. The zero-order valence-corrected chi connectivity index (χ0v) is 11.9. The Labute approximate surface area is 110 Å². The van der Waals surface area contributed by atoms with Gasteiger partial charge < -0.3 is 10.2 Å². The van der Waals surface area contributed by atoms with Crippen molar-refractivity contribution in [1.82, 2.24) is 4.90 Å². The van der Waals surface area contributed by atoms with Crippen molar-refractivity contribution < 1.29 is 4.42 Å². The fourth-order valence-electron chi connectivity index (χ4n) is 3.02. The maximum Gasteiger partial charge on any atom is 0.122 e. The van der Waals surface area contributed by atoms with Gasteiger partial charge in [-0.3, -0.25) is 4.90 Å². The molecule has 1 saturated carbocycles. The fraction of sp³-hybridized carbons (Fsp3) is 0.733. The van der Waals surface area contributed by atoms with Gasteiger partial charge in [0, 0.05) is 12.6 Å². The van der Waals surface area contributed by atoms with Crippen molar-refractivity contribution in [1.29, 1.82) is 0 Å². The SMILES string of the molecule is Cc1ccc(C(CN)N(C)C2CCC(C)CC2)o1. The van der Waals surface area contributed by atoms with Crippen molar-refractivity contribution >= 4 is 0 Å². The Kier molecular flexibility index (Phi) is 4.46. The van der Waals surface area contributed by atoms with Crippen LogP contribution in [0.25, 0.3) is 0 Å². The molecule has 1 unspecified atom stereocenters. The van der Waals surface area contributed by atoms with Crippen molar-refractivity contribution in [3.8, 4) is 0 Å². The number of likely N-dealkylation sites (N-methyl/N-ethyl adjacent to an activating group) is 1. The second-order valence-electron chi connectivity index (χ2n) is 5.78. The van der Waals surface area contributed by atoms with Crippen LogP contribution in [0.4, 0.5) is 0 Å². The molecule has 1 aromatic heterocycles. The van der Waals surface area contributed by atoms with E-state index in [4.69, 9.17) is 10.2 Å². The van der Waals surface area contributed by atoms with Gasteiger partial charge in [-0.15, -0.1) is 0 Å². The molecule has 102 valence electrons. The zero-order valence-electron chi connectivity index (χ0n) is 11.9. The Hall–Kier alpha value is -0.800. The van der Waals surface area contributed by atoms with E-state index in [1.165, 1.54) is 25.7 Å². The molecule has 1 atom stereocenters. The fourth-order valence-corrected chi connectivity index (χ4v) is 3.02. The van der Waals surface area contributed by atoms with Gasteiger partial charge in [0.1, 0.15) is 11.5 Å². The monoisotopic (exact) mass is 250 g/mol. The molecule has 1 aliphatic carbocycles. The molecule has 0 aliphatic heterocycles. The van der Waals surface area contributed by atoms with E-state index in [1.54, 1.807) is 0 Å². The van der Waals surface area contributed by atoms with E-state index in [0.29, 0.717) is 12.6 Å². The minimum Gasteiger partial charge on any atom is -0.465 e. The van der Waals surface area contributed by atoms with Crippen LogP contribution in [0, 0.1) is 12.8 Å². The molecule has 0 radical (unpaired) electrons. The van der Waals surface area contributed by atoms with Crippen LogP contribution in [-0.4, -0.2) is 24.5 Å². The molecule has 0 saturated heterocycles. The average Bonchev–Trinajstić information content (AvgIpc) is 2.77. The summed E-state index contributed by atoms with van der Waals surface area (Å²) in [5.41, 5.74) is 5.95. The summed E-state index contributed by atoms with van der Waals surface area (Å²) in [7, 11) is 2.19. The largest absolute Gasteiger partial charge is 0.465 e. The minimum atomic E-state index is 0.220. The molecular weight excluding hydrogens is 224 g/mol. The number of nitrogens with zero attached hydrogens (tertiary/aromatic N) is 1. The molecule has 2 rings (SSSR count). The van der Waals surface area contributed by atoms with Gasteiger partial charge in [-0.1, -0.05) is 6.92 Å². The number of nitrogens with two attached hydrogens (primary N) is 1. The highest BCUT2D eigenvalue weighted by atomic mass is 16.3. The van der Waals surface area contributed by atoms with Crippen LogP contribution in [0.3, 0.4) is 0 Å². The molecule has 1 fully saturated rings. The molecule has 18 heavy (non-hydrogen) atoms. The summed E-state index contributed by atoms with van der Waals surface area (Å²) in [5.74, 6) is 2.86. The average molecular weight is 250 g/mol. The van der Waals surface area contributed by atoms with E-state index in [0.717, 1.165) is 17.4 Å². The van der Waals surface area contributed by atoms with E-state index in [2.05, 4.69) is 24.9 Å². The summed E-state index contributed by atoms with van der Waals surface area (Å²) in [6.07, 6.45) is 5.24. The van der Waals surface area contributed by atoms with Gasteiger partial charge in [-0.25, -0.2) is 0 Å². The molecule has 0 spiro atoms. The first-order valence-electron chi connectivity index (χ1n) is 7.10. The van der Waals surface area contributed by atoms with Gasteiger partial charge in [-0.2, -0.15) is 0 Å².